The summed E-state index contributed by atoms with van der Waals surface area (Å²) >= 11 is 0. The van der Waals surface area contributed by atoms with E-state index in [-0.39, 0.29) is 6.10 Å². The van der Waals surface area contributed by atoms with Crippen molar-refractivity contribution in [2.45, 2.75) is 90.6 Å². The fraction of sp³-hybridized carbons (Fsp3) is 0.643. The van der Waals surface area contributed by atoms with Gasteiger partial charge in [0, 0.05) is 38.1 Å². The summed E-state index contributed by atoms with van der Waals surface area (Å²) in [6.07, 6.45) is 5.09. The van der Waals surface area contributed by atoms with Crippen LogP contribution in [-0.4, -0.2) is 53.3 Å². The van der Waals surface area contributed by atoms with Crippen LogP contribution in [0.1, 0.15) is 71.6 Å². The van der Waals surface area contributed by atoms with E-state index in [2.05, 4.69) is 57.8 Å². The molecule has 2 aliphatic heterocycles. The van der Waals surface area contributed by atoms with Crippen molar-refractivity contribution < 1.29 is 15.1 Å². The molecule has 35 heavy (non-hydrogen) atoms. The zero-order valence-corrected chi connectivity index (χ0v) is 24.7. The van der Waals surface area contributed by atoms with E-state index in [1.165, 1.54) is 33.7 Å². The third-order valence-corrected chi connectivity index (χ3v) is 8.05. The minimum Gasteiger partial charge on any atom is -0.487 e. The highest BCUT2D eigenvalue weighted by atomic mass is 33.1. The molecule has 0 aromatic heterocycles. The summed E-state index contributed by atoms with van der Waals surface area (Å²) in [5.41, 5.74) is 4.76. The predicted octanol–water partition coefficient (Wildman–Crippen LogP) is 6.63. The molecule has 2 aliphatic rings. The normalized spacial score (nSPS) is 17.9. The molecule has 0 saturated carbocycles. The number of hydroxylamine groups is 2. The summed E-state index contributed by atoms with van der Waals surface area (Å²) in [7, 11) is 5.46. The number of fused-ring (bicyclic) bond motifs is 2. The van der Waals surface area contributed by atoms with Gasteiger partial charge >= 0.3 is 0 Å². The Kier molecular flexibility index (Phi) is 14.7. The van der Waals surface area contributed by atoms with Crippen molar-refractivity contribution in [1.29, 1.82) is 0 Å². The minimum atomic E-state index is -0.565. The average Bonchev–Trinajstić information content (AvgIpc) is 3.20. The SMILES string of the molecule is C=CC.CC(C)/C(=C\C(C)(C)N(C)O)CNCC(O)C1Cc2cc3c(cc2O1)CSSC3.CCC. The number of nitrogens with zero attached hydrogens (tertiary/aromatic N) is 1. The largest absolute Gasteiger partial charge is 0.487 e. The second-order valence-electron chi connectivity index (χ2n) is 9.98. The molecule has 3 rings (SSSR count). The number of ether oxygens (including phenoxy) is 1. The Hall–Kier alpha value is -0.960. The van der Waals surface area contributed by atoms with Crippen LogP contribution in [0.4, 0.5) is 0 Å². The van der Waals surface area contributed by atoms with Gasteiger partial charge in [0.15, 0.2) is 0 Å². The Bertz CT molecular complexity index is 775. The number of hydrogen-bond acceptors (Lipinski definition) is 7. The van der Waals surface area contributed by atoms with Crippen LogP contribution in [0.15, 0.2) is 36.4 Å². The summed E-state index contributed by atoms with van der Waals surface area (Å²) in [6.45, 7) is 18.9. The van der Waals surface area contributed by atoms with E-state index in [0.717, 1.165) is 23.7 Å². The van der Waals surface area contributed by atoms with Crippen molar-refractivity contribution in [2.75, 3.05) is 20.1 Å². The van der Waals surface area contributed by atoms with E-state index in [9.17, 15) is 10.3 Å². The molecule has 0 spiro atoms. The molecule has 0 amide bonds. The Balaban J connectivity index is 0.000000926. The number of hydrogen-bond donors (Lipinski definition) is 3. The van der Waals surface area contributed by atoms with Gasteiger partial charge < -0.3 is 20.4 Å². The standard InChI is InChI=1S/C22H34N2O3S2.C3H8.C3H6/c1-14(2)18(9-22(3,4)24(5)26)10-23-11-19(25)21-7-15-6-16-12-28-29-13-17(16)8-20(15)27-21;2*1-3-2/h6,8-9,14,19,21,23,25-26H,7,10-13H2,1-5H3;3H2,1-2H3;3H,1H2,2H3/b18-9-;;. The molecule has 0 aliphatic carbocycles. The molecule has 3 N–H and O–H groups in total. The molecule has 2 atom stereocenters. The van der Waals surface area contributed by atoms with Crippen LogP contribution in [-0.2, 0) is 17.9 Å². The second kappa shape index (κ2) is 16.0. The quantitative estimate of drug-likeness (QED) is 0.200. The maximum atomic E-state index is 10.7. The Morgan fingerprint density at radius 1 is 1.23 bits per heavy atom. The summed E-state index contributed by atoms with van der Waals surface area (Å²) in [4.78, 5) is 0. The van der Waals surface area contributed by atoms with Crippen molar-refractivity contribution in [3.8, 4) is 5.75 Å². The van der Waals surface area contributed by atoms with E-state index in [4.69, 9.17) is 4.74 Å². The molecule has 0 fully saturated rings. The first kappa shape index (κ1) is 32.1. The maximum Gasteiger partial charge on any atom is 0.130 e. The first-order valence-corrected chi connectivity index (χ1v) is 15.1. The summed E-state index contributed by atoms with van der Waals surface area (Å²) in [5, 5.41) is 25.1. The van der Waals surface area contributed by atoms with Gasteiger partial charge in [-0.15, -0.1) is 6.58 Å². The third kappa shape index (κ3) is 10.5. The number of rotatable bonds is 8. The highest BCUT2D eigenvalue weighted by Crippen LogP contribution is 2.41. The van der Waals surface area contributed by atoms with Crippen LogP contribution in [0.3, 0.4) is 0 Å². The molecule has 1 aromatic rings. The van der Waals surface area contributed by atoms with E-state index in [1.807, 2.05) is 42.4 Å². The van der Waals surface area contributed by atoms with Crippen LogP contribution in [0, 0.1) is 5.92 Å². The lowest BCUT2D eigenvalue weighted by Crippen LogP contribution is -2.40. The van der Waals surface area contributed by atoms with Crippen molar-refractivity contribution in [3.05, 3.63) is 53.1 Å². The van der Waals surface area contributed by atoms with Gasteiger partial charge in [-0.3, -0.25) is 0 Å². The number of likely N-dealkylation sites (N-methyl/N-ethyl adjacent to an activating group) is 1. The Labute approximate surface area is 222 Å². The number of allylic oxidation sites excluding steroid dienone is 1. The molecule has 5 nitrogen and oxygen atoms in total. The molecular weight excluding hydrogens is 476 g/mol. The van der Waals surface area contributed by atoms with Crippen LogP contribution in [0.25, 0.3) is 0 Å². The van der Waals surface area contributed by atoms with Gasteiger partial charge in [0.25, 0.3) is 0 Å². The van der Waals surface area contributed by atoms with E-state index in [1.54, 1.807) is 13.1 Å². The van der Waals surface area contributed by atoms with E-state index < -0.39 is 11.6 Å². The highest BCUT2D eigenvalue weighted by Gasteiger charge is 2.30. The number of aliphatic hydroxyl groups excluding tert-OH is 1. The smallest absolute Gasteiger partial charge is 0.130 e. The zero-order chi connectivity index (χ0) is 26.6. The fourth-order valence-corrected chi connectivity index (χ4v) is 5.79. The molecule has 2 heterocycles. The first-order valence-electron chi connectivity index (χ1n) is 12.7. The van der Waals surface area contributed by atoms with Gasteiger partial charge in [-0.25, -0.2) is 0 Å². The number of nitrogens with one attached hydrogen (secondary N) is 1. The fourth-order valence-electron chi connectivity index (χ4n) is 3.57. The molecule has 0 radical (unpaired) electrons. The predicted molar refractivity (Wildman–Crippen MR) is 154 cm³/mol. The van der Waals surface area contributed by atoms with Gasteiger partial charge in [0.1, 0.15) is 18.0 Å². The van der Waals surface area contributed by atoms with Gasteiger partial charge in [-0.1, -0.05) is 79.5 Å². The van der Waals surface area contributed by atoms with Crippen LogP contribution < -0.4 is 10.1 Å². The van der Waals surface area contributed by atoms with Crippen LogP contribution >= 0.6 is 21.6 Å². The summed E-state index contributed by atoms with van der Waals surface area (Å²) in [6, 6.07) is 4.44. The molecule has 7 heteroatoms. The molecular formula is C28H48N2O3S2. The van der Waals surface area contributed by atoms with Crippen molar-refractivity contribution in [2.24, 2.45) is 5.92 Å². The van der Waals surface area contributed by atoms with Crippen molar-refractivity contribution >= 4 is 21.6 Å². The number of aliphatic hydroxyl groups is 1. The summed E-state index contributed by atoms with van der Waals surface area (Å²) < 4.78 is 6.09. The van der Waals surface area contributed by atoms with Gasteiger partial charge in [-0.2, -0.15) is 5.06 Å². The first-order chi connectivity index (χ1) is 16.5. The molecule has 0 saturated heterocycles. The monoisotopic (exact) mass is 524 g/mol. The lowest BCUT2D eigenvalue weighted by Gasteiger charge is -2.29. The van der Waals surface area contributed by atoms with Gasteiger partial charge in [0.05, 0.1) is 5.54 Å². The molecule has 2 unspecified atom stereocenters. The minimum absolute atomic E-state index is 0.201. The van der Waals surface area contributed by atoms with Crippen LogP contribution in [0.2, 0.25) is 0 Å². The second-order valence-corrected chi connectivity index (χ2v) is 12.4. The third-order valence-electron chi connectivity index (χ3n) is 5.82. The van der Waals surface area contributed by atoms with E-state index in [0.29, 0.717) is 19.0 Å². The van der Waals surface area contributed by atoms with Crippen LogP contribution in [0.5, 0.6) is 5.75 Å². The van der Waals surface area contributed by atoms with Gasteiger partial charge in [0.2, 0.25) is 0 Å². The lowest BCUT2D eigenvalue weighted by atomic mass is 9.94. The van der Waals surface area contributed by atoms with Crippen molar-refractivity contribution in [1.82, 2.24) is 10.4 Å². The maximum absolute atomic E-state index is 10.7. The zero-order valence-electron chi connectivity index (χ0n) is 23.1. The number of benzene rings is 1. The topological polar surface area (TPSA) is 65.0 Å². The van der Waals surface area contributed by atoms with Gasteiger partial charge in [-0.05, 0) is 49.4 Å². The highest BCUT2D eigenvalue weighted by molar-refractivity contribution is 8.76. The Morgan fingerprint density at radius 3 is 2.29 bits per heavy atom. The molecule has 0 bridgehead atoms. The van der Waals surface area contributed by atoms with Crippen molar-refractivity contribution in [3.63, 3.8) is 0 Å². The molecule has 1 aromatic carbocycles. The van der Waals surface area contributed by atoms with E-state index >= 15 is 0 Å². The Morgan fingerprint density at radius 2 is 1.77 bits per heavy atom. The molecule has 200 valence electrons. The lowest BCUT2D eigenvalue weighted by molar-refractivity contribution is -0.121. The summed E-state index contributed by atoms with van der Waals surface area (Å²) in [5.74, 6) is 3.37. The average molecular weight is 525 g/mol.